The van der Waals surface area contributed by atoms with Gasteiger partial charge in [0.25, 0.3) is 0 Å². The van der Waals surface area contributed by atoms with E-state index < -0.39 is 0 Å². The molecule has 4 heteroatoms. The molecule has 0 radical (unpaired) electrons. The molecule has 1 aliphatic heterocycles. The van der Waals surface area contributed by atoms with Crippen molar-refractivity contribution in [2.24, 2.45) is 5.92 Å². The van der Waals surface area contributed by atoms with E-state index in [2.05, 4.69) is 0 Å². The monoisotopic (exact) mass is 236 g/mol. The molecule has 0 amide bonds. The molecule has 1 aliphatic rings. The summed E-state index contributed by atoms with van der Waals surface area (Å²) in [4.78, 5) is 11.6. The zero-order valence-corrected chi connectivity index (χ0v) is 10.0. The summed E-state index contributed by atoms with van der Waals surface area (Å²) in [7, 11) is 3.04. The van der Waals surface area contributed by atoms with Crippen molar-refractivity contribution in [2.75, 3.05) is 27.4 Å². The quantitative estimate of drug-likeness (QED) is 0.748. The van der Waals surface area contributed by atoms with E-state index in [0.29, 0.717) is 13.2 Å². The Morgan fingerprint density at radius 3 is 2.53 bits per heavy atom. The van der Waals surface area contributed by atoms with Gasteiger partial charge in [-0.1, -0.05) is 12.1 Å². The first-order valence-corrected chi connectivity index (χ1v) is 5.55. The molecule has 0 bridgehead atoms. The molecule has 1 aromatic rings. The summed E-state index contributed by atoms with van der Waals surface area (Å²) in [5.41, 5.74) is 1.08. The van der Waals surface area contributed by atoms with Crippen LogP contribution in [-0.4, -0.2) is 33.4 Å². The number of rotatable bonds is 3. The minimum atomic E-state index is -0.205. The molecule has 0 aromatic heterocycles. The number of ether oxygens (including phenoxy) is 3. The van der Waals surface area contributed by atoms with Gasteiger partial charge in [-0.05, 0) is 17.7 Å². The first-order chi connectivity index (χ1) is 8.26. The highest BCUT2D eigenvalue weighted by molar-refractivity contribution is 5.74. The third-order valence-electron chi connectivity index (χ3n) is 3.13. The smallest absolute Gasteiger partial charge is 0.311 e. The first-order valence-electron chi connectivity index (χ1n) is 5.55. The number of carbonyl (C=O) groups excluding carboxylic acids is 1. The average molecular weight is 236 g/mol. The number of esters is 1. The van der Waals surface area contributed by atoms with Crippen LogP contribution in [0.4, 0.5) is 0 Å². The summed E-state index contributed by atoms with van der Waals surface area (Å²) < 4.78 is 15.3. The Hall–Kier alpha value is -1.55. The second-order valence-corrected chi connectivity index (χ2v) is 4.05. The molecule has 92 valence electrons. The van der Waals surface area contributed by atoms with Crippen LogP contribution in [0.25, 0.3) is 0 Å². The summed E-state index contributed by atoms with van der Waals surface area (Å²) in [5, 5.41) is 0. The van der Waals surface area contributed by atoms with Gasteiger partial charge in [0.15, 0.2) is 0 Å². The van der Waals surface area contributed by atoms with Gasteiger partial charge in [-0.2, -0.15) is 0 Å². The summed E-state index contributed by atoms with van der Waals surface area (Å²) in [6.45, 7) is 0.996. The first kappa shape index (κ1) is 11.9. The van der Waals surface area contributed by atoms with Crippen LogP contribution in [0.15, 0.2) is 24.3 Å². The molecule has 17 heavy (non-hydrogen) atoms. The van der Waals surface area contributed by atoms with E-state index in [1.54, 1.807) is 7.11 Å². The third-order valence-corrected chi connectivity index (χ3v) is 3.13. The van der Waals surface area contributed by atoms with Crippen molar-refractivity contribution in [2.45, 2.75) is 5.92 Å². The third kappa shape index (κ3) is 2.42. The molecule has 1 saturated heterocycles. The highest BCUT2D eigenvalue weighted by Crippen LogP contribution is 2.32. The molecule has 0 saturated carbocycles. The number of benzene rings is 1. The van der Waals surface area contributed by atoms with Gasteiger partial charge in [0.2, 0.25) is 0 Å². The fourth-order valence-electron chi connectivity index (χ4n) is 2.12. The Morgan fingerprint density at radius 2 is 1.94 bits per heavy atom. The van der Waals surface area contributed by atoms with Crippen molar-refractivity contribution in [3.63, 3.8) is 0 Å². The maximum Gasteiger partial charge on any atom is 0.311 e. The highest BCUT2D eigenvalue weighted by Gasteiger charge is 2.35. The lowest BCUT2D eigenvalue weighted by Crippen LogP contribution is -2.22. The maximum atomic E-state index is 11.6. The van der Waals surface area contributed by atoms with Gasteiger partial charge in [-0.25, -0.2) is 0 Å². The van der Waals surface area contributed by atoms with E-state index in [-0.39, 0.29) is 17.8 Å². The molecule has 0 N–H and O–H groups in total. The molecule has 1 heterocycles. The lowest BCUT2D eigenvalue weighted by molar-refractivity contribution is -0.145. The zero-order chi connectivity index (χ0) is 12.3. The van der Waals surface area contributed by atoms with Crippen molar-refractivity contribution in [3.05, 3.63) is 29.8 Å². The number of methoxy groups -OCH3 is 2. The van der Waals surface area contributed by atoms with Crippen LogP contribution in [0.3, 0.4) is 0 Å². The van der Waals surface area contributed by atoms with Crippen molar-refractivity contribution in [1.82, 2.24) is 0 Å². The largest absolute Gasteiger partial charge is 0.497 e. The Bertz CT molecular complexity index is 385. The van der Waals surface area contributed by atoms with Crippen LogP contribution >= 0.6 is 0 Å². The average Bonchev–Trinajstić information content (AvgIpc) is 2.87. The molecule has 0 spiro atoms. The normalized spacial score (nSPS) is 23.4. The lowest BCUT2D eigenvalue weighted by Gasteiger charge is -2.15. The predicted octanol–water partition coefficient (Wildman–Crippen LogP) is 1.60. The highest BCUT2D eigenvalue weighted by atomic mass is 16.5. The predicted molar refractivity (Wildman–Crippen MR) is 62.1 cm³/mol. The minimum absolute atomic E-state index is 0.0772. The molecule has 4 nitrogen and oxygen atoms in total. The van der Waals surface area contributed by atoms with Gasteiger partial charge in [-0.3, -0.25) is 4.79 Å². The molecule has 2 rings (SSSR count). The Kier molecular flexibility index (Phi) is 3.64. The van der Waals surface area contributed by atoms with E-state index in [4.69, 9.17) is 14.2 Å². The van der Waals surface area contributed by atoms with Crippen LogP contribution in [-0.2, 0) is 14.3 Å². The molecule has 2 atom stereocenters. The van der Waals surface area contributed by atoms with E-state index in [0.717, 1.165) is 11.3 Å². The van der Waals surface area contributed by atoms with E-state index >= 15 is 0 Å². The maximum absolute atomic E-state index is 11.6. The second-order valence-electron chi connectivity index (χ2n) is 4.05. The van der Waals surface area contributed by atoms with Gasteiger partial charge in [0.05, 0.1) is 33.4 Å². The molecular formula is C13H16O4. The second kappa shape index (κ2) is 5.19. The summed E-state index contributed by atoms with van der Waals surface area (Å²) in [5.74, 6) is 0.479. The van der Waals surface area contributed by atoms with Gasteiger partial charge in [-0.15, -0.1) is 0 Å². The topological polar surface area (TPSA) is 44.8 Å². The zero-order valence-electron chi connectivity index (χ0n) is 10.0. The molecule has 1 fully saturated rings. The van der Waals surface area contributed by atoms with Crippen LogP contribution in [0.2, 0.25) is 0 Å². The fourth-order valence-corrected chi connectivity index (χ4v) is 2.12. The Balaban J connectivity index is 2.17. The fraction of sp³-hybridized carbons (Fsp3) is 0.462. The van der Waals surface area contributed by atoms with Gasteiger partial charge >= 0.3 is 5.97 Å². The van der Waals surface area contributed by atoms with Crippen molar-refractivity contribution < 1.29 is 19.0 Å². The van der Waals surface area contributed by atoms with Gasteiger partial charge in [0, 0.05) is 5.92 Å². The van der Waals surface area contributed by atoms with Crippen molar-refractivity contribution >= 4 is 5.97 Å². The van der Waals surface area contributed by atoms with Crippen molar-refractivity contribution in [3.8, 4) is 5.75 Å². The molecule has 1 aromatic carbocycles. The van der Waals surface area contributed by atoms with E-state index in [9.17, 15) is 4.79 Å². The van der Waals surface area contributed by atoms with Crippen LogP contribution in [0, 0.1) is 5.92 Å². The lowest BCUT2D eigenvalue weighted by atomic mass is 9.89. The SMILES string of the molecule is COC(=O)[C@@H]1COC[C@@H]1c1ccc(OC)cc1. The summed E-state index contributed by atoms with van der Waals surface area (Å²) in [6, 6.07) is 7.71. The van der Waals surface area contributed by atoms with Crippen LogP contribution < -0.4 is 4.74 Å². The molecule has 0 unspecified atom stereocenters. The summed E-state index contributed by atoms with van der Waals surface area (Å²) in [6.07, 6.45) is 0. The van der Waals surface area contributed by atoms with Gasteiger partial charge < -0.3 is 14.2 Å². The van der Waals surface area contributed by atoms with Crippen LogP contribution in [0.5, 0.6) is 5.75 Å². The van der Waals surface area contributed by atoms with Crippen molar-refractivity contribution in [1.29, 1.82) is 0 Å². The molecule has 0 aliphatic carbocycles. The summed E-state index contributed by atoms with van der Waals surface area (Å²) >= 11 is 0. The minimum Gasteiger partial charge on any atom is -0.497 e. The van der Waals surface area contributed by atoms with E-state index in [1.807, 2.05) is 24.3 Å². The number of hydrogen-bond acceptors (Lipinski definition) is 4. The van der Waals surface area contributed by atoms with Gasteiger partial charge in [0.1, 0.15) is 5.75 Å². The number of carbonyl (C=O) groups is 1. The molecular weight excluding hydrogens is 220 g/mol. The standard InChI is InChI=1S/C13H16O4/c1-15-10-5-3-9(4-6-10)11-7-17-8-12(11)13(14)16-2/h3-6,11-12H,7-8H2,1-2H3/t11-,12-/m1/s1. The van der Waals surface area contributed by atoms with E-state index in [1.165, 1.54) is 7.11 Å². The Morgan fingerprint density at radius 1 is 1.24 bits per heavy atom. The number of hydrogen-bond donors (Lipinski definition) is 0. The Labute approximate surface area is 100 Å². The van der Waals surface area contributed by atoms with Crippen LogP contribution in [0.1, 0.15) is 11.5 Å².